The van der Waals surface area contributed by atoms with Gasteiger partial charge in [0, 0.05) is 45.5 Å². The summed E-state index contributed by atoms with van der Waals surface area (Å²) >= 11 is 0. The average molecular weight is 398 g/mol. The molecule has 3 heterocycles. The maximum Gasteiger partial charge on any atom is 0.417 e. The first-order valence-electron chi connectivity index (χ1n) is 9.96. The fourth-order valence-corrected chi connectivity index (χ4v) is 4.34. The third-order valence-corrected chi connectivity index (χ3v) is 5.80. The van der Waals surface area contributed by atoms with E-state index in [2.05, 4.69) is 23.7 Å². The van der Waals surface area contributed by atoms with E-state index in [0.717, 1.165) is 31.8 Å². The Bertz CT molecular complexity index is 661. The van der Waals surface area contributed by atoms with Crippen molar-refractivity contribution in [3.63, 3.8) is 0 Å². The first-order valence-corrected chi connectivity index (χ1v) is 9.96. The summed E-state index contributed by atoms with van der Waals surface area (Å²) in [5.74, 6) is 1.79. The maximum absolute atomic E-state index is 12.9. The van der Waals surface area contributed by atoms with Crippen LogP contribution in [0.15, 0.2) is 18.3 Å². The summed E-state index contributed by atoms with van der Waals surface area (Å²) in [4.78, 5) is 23.0. The Balaban J connectivity index is 1.55. The molecule has 0 saturated carbocycles. The molecule has 2 aliphatic rings. The number of rotatable bonds is 3. The van der Waals surface area contributed by atoms with Crippen LogP contribution in [0.2, 0.25) is 0 Å². The normalized spacial score (nSPS) is 25.6. The van der Waals surface area contributed by atoms with Crippen LogP contribution in [-0.4, -0.2) is 66.0 Å². The summed E-state index contributed by atoms with van der Waals surface area (Å²) in [6.45, 7) is 10.6. The number of piperidine rings is 1. The third-order valence-electron chi connectivity index (χ3n) is 5.80. The molecule has 8 heteroatoms. The second-order valence-corrected chi connectivity index (χ2v) is 8.29. The molecular formula is C20H29F3N4O. The zero-order valence-corrected chi connectivity index (χ0v) is 16.7. The number of anilines is 1. The summed E-state index contributed by atoms with van der Waals surface area (Å²) in [6, 6.07) is 2.31. The van der Waals surface area contributed by atoms with Crippen molar-refractivity contribution in [2.75, 3.05) is 44.2 Å². The van der Waals surface area contributed by atoms with Gasteiger partial charge in [-0.2, -0.15) is 13.2 Å². The molecule has 2 aliphatic heterocycles. The topological polar surface area (TPSA) is 39.7 Å². The van der Waals surface area contributed by atoms with E-state index < -0.39 is 11.7 Å². The SMILES string of the molecule is C[C@@H]1C[C@H](C)CN(C(=O)[C@H](C)N2CCN(c3ccc(C(F)(F)F)cn3)CC2)C1. The van der Waals surface area contributed by atoms with Crippen molar-refractivity contribution >= 4 is 11.7 Å². The number of piperazine rings is 1. The lowest BCUT2D eigenvalue weighted by Crippen LogP contribution is -2.56. The van der Waals surface area contributed by atoms with Crippen molar-refractivity contribution in [1.82, 2.24) is 14.8 Å². The van der Waals surface area contributed by atoms with E-state index in [-0.39, 0.29) is 11.9 Å². The Morgan fingerprint density at radius 1 is 1.11 bits per heavy atom. The van der Waals surface area contributed by atoms with Gasteiger partial charge in [-0.1, -0.05) is 13.8 Å². The summed E-state index contributed by atoms with van der Waals surface area (Å²) < 4.78 is 38.0. The number of carbonyl (C=O) groups is 1. The first-order chi connectivity index (χ1) is 13.1. The predicted molar refractivity (Wildman–Crippen MR) is 102 cm³/mol. The van der Waals surface area contributed by atoms with Crippen LogP contribution in [0.1, 0.15) is 32.8 Å². The quantitative estimate of drug-likeness (QED) is 0.785. The number of hydrogen-bond donors (Lipinski definition) is 0. The molecule has 2 fully saturated rings. The van der Waals surface area contributed by atoms with Crippen molar-refractivity contribution in [2.24, 2.45) is 11.8 Å². The Labute approximate surface area is 164 Å². The summed E-state index contributed by atoms with van der Waals surface area (Å²) in [5, 5.41) is 0. The fraction of sp³-hybridized carbons (Fsp3) is 0.700. The third kappa shape index (κ3) is 4.77. The molecule has 3 rings (SSSR count). The van der Waals surface area contributed by atoms with Gasteiger partial charge in [0.1, 0.15) is 5.82 Å². The first kappa shape index (κ1) is 20.9. The zero-order chi connectivity index (χ0) is 20.5. The van der Waals surface area contributed by atoms with E-state index in [4.69, 9.17) is 0 Å². The monoisotopic (exact) mass is 398 g/mol. The molecule has 0 bridgehead atoms. The van der Waals surface area contributed by atoms with Gasteiger partial charge in [-0.25, -0.2) is 4.98 Å². The van der Waals surface area contributed by atoms with Crippen molar-refractivity contribution in [3.05, 3.63) is 23.9 Å². The average Bonchev–Trinajstić information content (AvgIpc) is 2.65. The second-order valence-electron chi connectivity index (χ2n) is 8.29. The molecule has 1 amide bonds. The van der Waals surface area contributed by atoms with Gasteiger partial charge in [0.15, 0.2) is 0 Å². The van der Waals surface area contributed by atoms with Gasteiger partial charge >= 0.3 is 6.18 Å². The number of nitrogens with zero attached hydrogens (tertiary/aromatic N) is 4. The zero-order valence-electron chi connectivity index (χ0n) is 16.7. The predicted octanol–water partition coefficient (Wildman–Crippen LogP) is 3.12. The molecule has 0 N–H and O–H groups in total. The summed E-state index contributed by atoms with van der Waals surface area (Å²) in [7, 11) is 0. The lowest BCUT2D eigenvalue weighted by atomic mass is 9.91. The van der Waals surface area contributed by atoms with E-state index in [0.29, 0.717) is 43.8 Å². The number of aromatic nitrogens is 1. The van der Waals surface area contributed by atoms with E-state index in [1.807, 2.05) is 16.7 Å². The van der Waals surface area contributed by atoms with Gasteiger partial charge < -0.3 is 9.80 Å². The van der Waals surface area contributed by atoms with Crippen LogP contribution in [0.3, 0.4) is 0 Å². The minimum atomic E-state index is -4.37. The molecule has 5 nitrogen and oxygen atoms in total. The van der Waals surface area contributed by atoms with Crippen LogP contribution in [-0.2, 0) is 11.0 Å². The minimum absolute atomic E-state index is 0.180. The number of carbonyl (C=O) groups excluding carboxylic acids is 1. The van der Waals surface area contributed by atoms with Crippen LogP contribution >= 0.6 is 0 Å². The van der Waals surface area contributed by atoms with E-state index in [1.165, 1.54) is 6.07 Å². The largest absolute Gasteiger partial charge is 0.417 e. The molecule has 0 unspecified atom stereocenters. The Hall–Kier alpha value is -1.83. The molecule has 1 aromatic rings. The molecule has 1 aromatic heterocycles. The summed E-state index contributed by atoms with van der Waals surface area (Å²) in [5.41, 5.74) is -0.737. The van der Waals surface area contributed by atoms with Gasteiger partial charge in [0.05, 0.1) is 11.6 Å². The standard InChI is InChI=1S/C20H29F3N4O/c1-14-10-15(2)13-27(12-14)19(28)16(3)25-6-8-26(9-7-25)18-5-4-17(11-24-18)20(21,22)23/h4-5,11,14-16H,6-10,12-13H2,1-3H3/t14-,15+,16-/m0/s1. The van der Waals surface area contributed by atoms with Gasteiger partial charge in [0.2, 0.25) is 5.91 Å². The van der Waals surface area contributed by atoms with E-state index in [9.17, 15) is 18.0 Å². The molecule has 28 heavy (non-hydrogen) atoms. The van der Waals surface area contributed by atoms with Crippen LogP contribution in [0.25, 0.3) is 0 Å². The number of halogens is 3. The van der Waals surface area contributed by atoms with Crippen molar-refractivity contribution < 1.29 is 18.0 Å². The minimum Gasteiger partial charge on any atom is -0.354 e. The molecule has 3 atom stereocenters. The number of amides is 1. The van der Waals surface area contributed by atoms with Crippen LogP contribution < -0.4 is 4.90 Å². The highest BCUT2D eigenvalue weighted by Gasteiger charge is 2.33. The van der Waals surface area contributed by atoms with Crippen molar-refractivity contribution in [3.8, 4) is 0 Å². The highest BCUT2D eigenvalue weighted by molar-refractivity contribution is 5.81. The molecule has 0 aliphatic carbocycles. The van der Waals surface area contributed by atoms with Gasteiger partial charge in [-0.15, -0.1) is 0 Å². The number of hydrogen-bond acceptors (Lipinski definition) is 4. The van der Waals surface area contributed by atoms with Gasteiger partial charge in [-0.05, 0) is 37.3 Å². The Morgan fingerprint density at radius 2 is 1.71 bits per heavy atom. The molecule has 156 valence electrons. The van der Waals surface area contributed by atoms with E-state index >= 15 is 0 Å². The van der Waals surface area contributed by atoms with E-state index in [1.54, 1.807) is 0 Å². The fourth-order valence-electron chi connectivity index (χ4n) is 4.34. The van der Waals surface area contributed by atoms with Crippen LogP contribution in [0, 0.1) is 11.8 Å². The van der Waals surface area contributed by atoms with Crippen LogP contribution in [0.4, 0.5) is 19.0 Å². The smallest absolute Gasteiger partial charge is 0.354 e. The molecular weight excluding hydrogens is 369 g/mol. The van der Waals surface area contributed by atoms with Crippen LogP contribution in [0.5, 0.6) is 0 Å². The van der Waals surface area contributed by atoms with Gasteiger partial charge in [0.25, 0.3) is 0 Å². The molecule has 2 saturated heterocycles. The van der Waals surface area contributed by atoms with Crippen molar-refractivity contribution in [1.29, 1.82) is 0 Å². The molecule has 0 radical (unpaired) electrons. The number of alkyl halides is 3. The van der Waals surface area contributed by atoms with Crippen molar-refractivity contribution in [2.45, 2.75) is 39.4 Å². The lowest BCUT2D eigenvalue weighted by molar-refractivity contribution is -0.139. The number of pyridine rings is 1. The molecule has 0 aromatic carbocycles. The highest BCUT2D eigenvalue weighted by atomic mass is 19.4. The number of likely N-dealkylation sites (tertiary alicyclic amines) is 1. The highest BCUT2D eigenvalue weighted by Crippen LogP contribution is 2.29. The second kappa shape index (κ2) is 8.27. The van der Waals surface area contributed by atoms with Gasteiger partial charge in [-0.3, -0.25) is 9.69 Å². The summed E-state index contributed by atoms with van der Waals surface area (Å²) in [6.07, 6.45) is -2.33. The lowest BCUT2D eigenvalue weighted by Gasteiger charge is -2.41. The molecule has 0 spiro atoms. The Kier molecular flexibility index (Phi) is 6.17. The Morgan fingerprint density at radius 3 is 2.21 bits per heavy atom. The maximum atomic E-state index is 12.9.